The smallest absolute Gasteiger partial charge is 0.389 e. The lowest BCUT2D eigenvalue weighted by molar-refractivity contribution is -0.385. The number of nitrogens with zero attached hydrogens (tertiary/aromatic N) is 1. The van der Waals surface area contributed by atoms with Crippen molar-refractivity contribution in [2.45, 2.75) is 25.6 Å². The Morgan fingerprint density at radius 3 is 2.37 bits per heavy atom. The topological polar surface area (TPSA) is 75.4 Å². The Labute approximate surface area is 107 Å². The molecular formula is C11H13F3N2O3. The summed E-state index contributed by atoms with van der Waals surface area (Å²) in [5, 5.41) is 22.4. The zero-order valence-electron chi connectivity index (χ0n) is 10.3. The third-order valence-electron chi connectivity index (χ3n) is 2.23. The molecule has 19 heavy (non-hydrogen) atoms. The van der Waals surface area contributed by atoms with Crippen molar-refractivity contribution in [3.05, 3.63) is 33.9 Å². The van der Waals surface area contributed by atoms with Crippen LogP contribution in [0.2, 0.25) is 0 Å². The summed E-state index contributed by atoms with van der Waals surface area (Å²) in [6.45, 7) is 2.74. The van der Waals surface area contributed by atoms with E-state index >= 15 is 0 Å². The van der Waals surface area contributed by atoms with E-state index in [-0.39, 0.29) is 12.2 Å². The Kier molecular flexibility index (Phi) is 4.04. The van der Waals surface area contributed by atoms with Crippen LogP contribution in [0.1, 0.15) is 19.4 Å². The second-order valence-electron chi connectivity index (χ2n) is 4.65. The number of anilines is 1. The summed E-state index contributed by atoms with van der Waals surface area (Å²) in [4.78, 5) is 9.59. The fourth-order valence-corrected chi connectivity index (χ4v) is 1.35. The molecule has 0 unspecified atom stereocenters. The molecule has 1 aromatic rings. The van der Waals surface area contributed by atoms with E-state index in [0.29, 0.717) is 6.07 Å². The molecular weight excluding hydrogens is 265 g/mol. The van der Waals surface area contributed by atoms with Crippen molar-refractivity contribution in [1.82, 2.24) is 0 Å². The van der Waals surface area contributed by atoms with Gasteiger partial charge in [-0.3, -0.25) is 10.1 Å². The fraction of sp³-hybridized carbons (Fsp3) is 0.455. The summed E-state index contributed by atoms with van der Waals surface area (Å²) >= 11 is 0. The van der Waals surface area contributed by atoms with Gasteiger partial charge in [-0.25, -0.2) is 0 Å². The molecule has 0 radical (unpaired) electrons. The maximum Gasteiger partial charge on any atom is 0.418 e. The van der Waals surface area contributed by atoms with Gasteiger partial charge in [0.15, 0.2) is 0 Å². The minimum absolute atomic E-state index is 0.117. The highest BCUT2D eigenvalue weighted by atomic mass is 19.4. The van der Waals surface area contributed by atoms with Crippen LogP contribution in [0.15, 0.2) is 18.2 Å². The minimum Gasteiger partial charge on any atom is -0.389 e. The number of nitro groups is 1. The summed E-state index contributed by atoms with van der Waals surface area (Å²) in [5.41, 5.74) is -3.28. The normalized spacial score (nSPS) is 12.3. The Hall–Kier alpha value is -1.83. The predicted molar refractivity (Wildman–Crippen MR) is 62.9 cm³/mol. The van der Waals surface area contributed by atoms with Gasteiger partial charge in [0.25, 0.3) is 5.69 Å². The van der Waals surface area contributed by atoms with E-state index in [0.717, 1.165) is 12.1 Å². The predicted octanol–water partition coefficient (Wildman–Crippen LogP) is 2.80. The number of nitro benzene ring substituents is 1. The standard InChI is InChI=1S/C11H13F3N2O3/c1-10(2,17)6-15-9-4-3-7(16(18)19)5-8(9)11(12,13)14/h3-5,15,17H,6H2,1-2H3. The first-order valence-corrected chi connectivity index (χ1v) is 5.32. The van der Waals surface area contributed by atoms with Crippen LogP contribution in [0, 0.1) is 10.1 Å². The molecule has 106 valence electrons. The van der Waals surface area contributed by atoms with Gasteiger partial charge in [-0.1, -0.05) is 0 Å². The second-order valence-corrected chi connectivity index (χ2v) is 4.65. The summed E-state index contributed by atoms with van der Waals surface area (Å²) in [6.07, 6.45) is -4.71. The maximum atomic E-state index is 12.8. The molecule has 0 saturated heterocycles. The lowest BCUT2D eigenvalue weighted by Gasteiger charge is -2.20. The molecule has 0 aliphatic carbocycles. The lowest BCUT2D eigenvalue weighted by atomic mass is 10.1. The number of non-ortho nitro benzene ring substituents is 1. The maximum absolute atomic E-state index is 12.8. The summed E-state index contributed by atoms with van der Waals surface area (Å²) < 4.78 is 38.4. The minimum atomic E-state index is -4.71. The van der Waals surface area contributed by atoms with Crippen LogP contribution in [-0.2, 0) is 6.18 Å². The molecule has 0 aromatic heterocycles. The van der Waals surface area contributed by atoms with Crippen LogP contribution < -0.4 is 5.32 Å². The van der Waals surface area contributed by atoms with Gasteiger partial charge in [-0.15, -0.1) is 0 Å². The van der Waals surface area contributed by atoms with Gasteiger partial charge < -0.3 is 10.4 Å². The van der Waals surface area contributed by atoms with Crippen LogP contribution >= 0.6 is 0 Å². The van der Waals surface area contributed by atoms with E-state index < -0.39 is 28.0 Å². The molecule has 0 aliphatic rings. The van der Waals surface area contributed by atoms with Crippen molar-refractivity contribution >= 4 is 11.4 Å². The van der Waals surface area contributed by atoms with Crippen molar-refractivity contribution in [2.24, 2.45) is 0 Å². The molecule has 0 heterocycles. The molecule has 5 nitrogen and oxygen atoms in total. The van der Waals surface area contributed by atoms with Crippen LogP contribution in [-0.4, -0.2) is 22.2 Å². The van der Waals surface area contributed by atoms with Gasteiger partial charge in [-0.2, -0.15) is 13.2 Å². The Morgan fingerprint density at radius 1 is 1.37 bits per heavy atom. The average Bonchev–Trinajstić information content (AvgIpc) is 2.23. The highest BCUT2D eigenvalue weighted by molar-refractivity contribution is 5.57. The zero-order valence-corrected chi connectivity index (χ0v) is 10.3. The quantitative estimate of drug-likeness (QED) is 0.656. The number of alkyl halides is 3. The second kappa shape index (κ2) is 5.04. The van der Waals surface area contributed by atoms with Gasteiger partial charge >= 0.3 is 6.18 Å². The van der Waals surface area contributed by atoms with E-state index in [1.807, 2.05) is 0 Å². The Bertz CT molecular complexity index is 481. The number of nitrogens with one attached hydrogen (secondary N) is 1. The first-order valence-electron chi connectivity index (χ1n) is 5.32. The summed E-state index contributed by atoms with van der Waals surface area (Å²) in [5.74, 6) is 0. The molecule has 0 saturated carbocycles. The lowest BCUT2D eigenvalue weighted by Crippen LogP contribution is -2.30. The van der Waals surface area contributed by atoms with Crippen molar-refractivity contribution < 1.29 is 23.2 Å². The molecule has 0 spiro atoms. The number of benzene rings is 1. The van der Waals surface area contributed by atoms with Gasteiger partial charge in [0.05, 0.1) is 16.1 Å². The van der Waals surface area contributed by atoms with E-state index in [2.05, 4.69) is 5.32 Å². The van der Waals surface area contributed by atoms with E-state index in [1.165, 1.54) is 13.8 Å². The van der Waals surface area contributed by atoms with E-state index in [4.69, 9.17) is 0 Å². The zero-order chi connectivity index (χ0) is 14.8. The van der Waals surface area contributed by atoms with Crippen LogP contribution in [0.5, 0.6) is 0 Å². The Balaban J connectivity index is 3.13. The monoisotopic (exact) mass is 278 g/mol. The molecule has 0 aliphatic heterocycles. The highest BCUT2D eigenvalue weighted by Gasteiger charge is 2.35. The fourth-order valence-electron chi connectivity index (χ4n) is 1.35. The summed E-state index contributed by atoms with van der Waals surface area (Å²) in [6, 6.07) is 2.42. The molecule has 8 heteroatoms. The molecule has 2 N–H and O–H groups in total. The van der Waals surface area contributed by atoms with Crippen molar-refractivity contribution in [2.75, 3.05) is 11.9 Å². The van der Waals surface area contributed by atoms with Crippen LogP contribution in [0.3, 0.4) is 0 Å². The number of hydrogen-bond donors (Lipinski definition) is 2. The number of halogens is 3. The van der Waals surface area contributed by atoms with Gasteiger partial charge in [0, 0.05) is 24.4 Å². The molecule has 0 fully saturated rings. The number of hydrogen-bond acceptors (Lipinski definition) is 4. The van der Waals surface area contributed by atoms with Gasteiger partial charge in [0.2, 0.25) is 0 Å². The first kappa shape index (κ1) is 15.2. The Morgan fingerprint density at radius 2 is 1.95 bits per heavy atom. The van der Waals surface area contributed by atoms with E-state index in [9.17, 15) is 28.4 Å². The number of aliphatic hydroxyl groups is 1. The largest absolute Gasteiger partial charge is 0.418 e. The molecule has 1 aromatic carbocycles. The van der Waals surface area contributed by atoms with Crippen molar-refractivity contribution in [1.29, 1.82) is 0 Å². The molecule has 0 atom stereocenters. The summed E-state index contributed by atoms with van der Waals surface area (Å²) in [7, 11) is 0. The highest BCUT2D eigenvalue weighted by Crippen LogP contribution is 2.37. The number of rotatable bonds is 4. The van der Waals surface area contributed by atoms with Crippen LogP contribution in [0.4, 0.5) is 24.5 Å². The first-order chi connectivity index (χ1) is 8.50. The third-order valence-corrected chi connectivity index (χ3v) is 2.23. The molecule has 0 amide bonds. The van der Waals surface area contributed by atoms with Crippen molar-refractivity contribution in [3.8, 4) is 0 Å². The van der Waals surface area contributed by atoms with Gasteiger partial charge in [-0.05, 0) is 19.9 Å². The van der Waals surface area contributed by atoms with Gasteiger partial charge in [0.1, 0.15) is 0 Å². The van der Waals surface area contributed by atoms with Crippen LogP contribution in [0.25, 0.3) is 0 Å². The van der Waals surface area contributed by atoms with Crippen molar-refractivity contribution in [3.63, 3.8) is 0 Å². The molecule has 1 rings (SSSR count). The molecule has 0 bridgehead atoms. The third kappa shape index (κ3) is 4.40. The average molecular weight is 278 g/mol. The SMILES string of the molecule is CC(C)(O)CNc1ccc([N+](=O)[O-])cc1C(F)(F)F. The van der Waals surface area contributed by atoms with E-state index in [1.54, 1.807) is 0 Å².